The van der Waals surface area contributed by atoms with Gasteiger partial charge in [0, 0.05) is 19.2 Å². The van der Waals surface area contributed by atoms with Crippen molar-refractivity contribution in [3.05, 3.63) is 0 Å². The van der Waals surface area contributed by atoms with E-state index in [0.29, 0.717) is 24.9 Å². The molecule has 0 spiro atoms. The van der Waals surface area contributed by atoms with Gasteiger partial charge in [-0.2, -0.15) is 0 Å². The molecule has 88 valence electrons. The predicted molar refractivity (Wildman–Crippen MR) is 56.7 cm³/mol. The highest BCUT2D eigenvalue weighted by Crippen LogP contribution is 2.16. The van der Waals surface area contributed by atoms with E-state index in [4.69, 9.17) is 14.2 Å². The highest BCUT2D eigenvalue weighted by Gasteiger charge is 2.23. The van der Waals surface area contributed by atoms with Crippen molar-refractivity contribution in [3.8, 4) is 0 Å². The highest BCUT2D eigenvalue weighted by molar-refractivity contribution is 4.77. The van der Waals surface area contributed by atoms with Crippen molar-refractivity contribution in [2.75, 3.05) is 33.2 Å². The molecule has 3 unspecified atom stereocenters. The fourth-order valence-corrected chi connectivity index (χ4v) is 2.09. The molecule has 2 aliphatic rings. The van der Waals surface area contributed by atoms with Gasteiger partial charge in [-0.1, -0.05) is 0 Å². The number of hydrogen-bond donors (Lipinski definition) is 1. The van der Waals surface area contributed by atoms with Gasteiger partial charge in [-0.25, -0.2) is 0 Å². The van der Waals surface area contributed by atoms with Crippen molar-refractivity contribution < 1.29 is 14.2 Å². The molecular weight excluding hydrogens is 194 g/mol. The van der Waals surface area contributed by atoms with Crippen LogP contribution in [0, 0.1) is 5.92 Å². The highest BCUT2D eigenvalue weighted by atomic mass is 16.7. The zero-order valence-electron chi connectivity index (χ0n) is 9.41. The average Bonchev–Trinajstić information content (AvgIpc) is 2.81. The second-order valence-electron chi connectivity index (χ2n) is 4.42. The average molecular weight is 215 g/mol. The van der Waals surface area contributed by atoms with E-state index in [1.54, 1.807) is 0 Å². The standard InChI is InChI=1S/C11H21NO3/c1-9(10-2-4-13-7-10)12-6-11-3-5-14-8-15-11/h9-12H,2-8H2,1H3. The summed E-state index contributed by atoms with van der Waals surface area (Å²) in [5, 5.41) is 3.53. The molecule has 15 heavy (non-hydrogen) atoms. The third kappa shape index (κ3) is 3.41. The monoisotopic (exact) mass is 215 g/mol. The lowest BCUT2D eigenvalue weighted by Crippen LogP contribution is -2.41. The Kier molecular flexibility index (Phi) is 4.38. The summed E-state index contributed by atoms with van der Waals surface area (Å²) in [6, 6.07) is 0.527. The maximum absolute atomic E-state index is 5.48. The fraction of sp³-hybridized carbons (Fsp3) is 1.00. The molecule has 0 aromatic rings. The molecule has 0 saturated carbocycles. The minimum absolute atomic E-state index is 0.323. The molecule has 0 aromatic heterocycles. The largest absolute Gasteiger partial charge is 0.381 e. The molecule has 2 saturated heterocycles. The van der Waals surface area contributed by atoms with Gasteiger partial charge in [0.15, 0.2) is 0 Å². The molecule has 3 atom stereocenters. The van der Waals surface area contributed by atoms with Crippen molar-refractivity contribution in [1.82, 2.24) is 5.32 Å². The molecule has 2 aliphatic heterocycles. The van der Waals surface area contributed by atoms with E-state index in [1.807, 2.05) is 0 Å². The molecule has 1 N–H and O–H groups in total. The van der Waals surface area contributed by atoms with Crippen molar-refractivity contribution >= 4 is 0 Å². The number of hydrogen-bond acceptors (Lipinski definition) is 4. The first-order valence-electron chi connectivity index (χ1n) is 5.86. The number of rotatable bonds is 4. The molecule has 0 amide bonds. The van der Waals surface area contributed by atoms with E-state index in [1.165, 1.54) is 6.42 Å². The molecular formula is C11H21NO3. The van der Waals surface area contributed by atoms with E-state index in [9.17, 15) is 0 Å². The van der Waals surface area contributed by atoms with Crippen LogP contribution in [0.15, 0.2) is 0 Å². The number of nitrogens with one attached hydrogen (secondary N) is 1. The van der Waals surface area contributed by atoms with Gasteiger partial charge >= 0.3 is 0 Å². The Morgan fingerprint density at radius 3 is 2.80 bits per heavy atom. The number of ether oxygens (including phenoxy) is 3. The lowest BCUT2D eigenvalue weighted by atomic mass is 10.0. The summed E-state index contributed by atoms with van der Waals surface area (Å²) in [5.41, 5.74) is 0. The van der Waals surface area contributed by atoms with Crippen molar-refractivity contribution in [3.63, 3.8) is 0 Å². The van der Waals surface area contributed by atoms with Crippen LogP contribution in [0.4, 0.5) is 0 Å². The van der Waals surface area contributed by atoms with Crippen LogP contribution >= 0.6 is 0 Å². The summed E-state index contributed by atoms with van der Waals surface area (Å²) in [7, 11) is 0. The summed E-state index contributed by atoms with van der Waals surface area (Å²) in [6.07, 6.45) is 2.51. The minimum Gasteiger partial charge on any atom is -0.381 e. The van der Waals surface area contributed by atoms with Gasteiger partial charge < -0.3 is 19.5 Å². The Morgan fingerprint density at radius 1 is 1.27 bits per heavy atom. The third-order valence-corrected chi connectivity index (χ3v) is 3.31. The summed E-state index contributed by atoms with van der Waals surface area (Å²) >= 11 is 0. The van der Waals surface area contributed by atoms with Crippen molar-refractivity contribution in [1.29, 1.82) is 0 Å². The van der Waals surface area contributed by atoms with Crippen LogP contribution in [0.1, 0.15) is 19.8 Å². The zero-order valence-corrected chi connectivity index (χ0v) is 9.41. The van der Waals surface area contributed by atoms with E-state index in [0.717, 1.165) is 32.8 Å². The Balaban J connectivity index is 1.63. The Bertz CT molecular complexity index is 177. The van der Waals surface area contributed by atoms with Gasteiger partial charge in [-0.15, -0.1) is 0 Å². The lowest BCUT2D eigenvalue weighted by molar-refractivity contribution is -0.137. The van der Waals surface area contributed by atoms with E-state index in [2.05, 4.69) is 12.2 Å². The first-order chi connectivity index (χ1) is 7.36. The van der Waals surface area contributed by atoms with E-state index >= 15 is 0 Å². The minimum atomic E-state index is 0.323. The molecule has 0 radical (unpaired) electrons. The molecule has 0 bridgehead atoms. The van der Waals surface area contributed by atoms with Gasteiger partial charge in [0.05, 0.1) is 19.3 Å². The van der Waals surface area contributed by atoms with E-state index < -0.39 is 0 Å². The predicted octanol–water partition coefficient (Wildman–Crippen LogP) is 0.764. The third-order valence-electron chi connectivity index (χ3n) is 3.31. The Labute approximate surface area is 91.3 Å². The summed E-state index contributed by atoms with van der Waals surface area (Å²) in [4.78, 5) is 0. The van der Waals surface area contributed by atoms with Crippen LogP contribution < -0.4 is 5.32 Å². The van der Waals surface area contributed by atoms with Crippen molar-refractivity contribution in [2.45, 2.75) is 31.9 Å². The molecule has 0 aromatic carbocycles. The normalized spacial score (nSPS) is 34.2. The van der Waals surface area contributed by atoms with Gasteiger partial charge in [-0.05, 0) is 25.7 Å². The zero-order chi connectivity index (χ0) is 10.5. The molecule has 2 rings (SSSR count). The smallest absolute Gasteiger partial charge is 0.147 e. The Morgan fingerprint density at radius 2 is 2.13 bits per heavy atom. The summed E-state index contributed by atoms with van der Waals surface area (Å²) < 4.78 is 16.0. The second-order valence-corrected chi connectivity index (χ2v) is 4.42. The van der Waals surface area contributed by atoms with Gasteiger partial charge in [-0.3, -0.25) is 0 Å². The fourth-order valence-electron chi connectivity index (χ4n) is 2.09. The van der Waals surface area contributed by atoms with Gasteiger partial charge in [0.1, 0.15) is 6.79 Å². The second kappa shape index (κ2) is 5.80. The molecule has 4 heteroatoms. The molecule has 4 nitrogen and oxygen atoms in total. The maximum atomic E-state index is 5.48. The quantitative estimate of drug-likeness (QED) is 0.751. The maximum Gasteiger partial charge on any atom is 0.147 e. The molecule has 0 aliphatic carbocycles. The van der Waals surface area contributed by atoms with Gasteiger partial charge in [0.25, 0.3) is 0 Å². The first kappa shape index (κ1) is 11.3. The first-order valence-corrected chi connectivity index (χ1v) is 5.86. The lowest BCUT2D eigenvalue weighted by Gasteiger charge is -2.26. The van der Waals surface area contributed by atoms with Crippen LogP contribution in [-0.4, -0.2) is 45.3 Å². The van der Waals surface area contributed by atoms with E-state index in [-0.39, 0.29) is 0 Å². The van der Waals surface area contributed by atoms with Crippen LogP contribution in [0.2, 0.25) is 0 Å². The van der Waals surface area contributed by atoms with Gasteiger partial charge in [0.2, 0.25) is 0 Å². The summed E-state index contributed by atoms with van der Waals surface area (Å²) in [6.45, 7) is 6.27. The van der Waals surface area contributed by atoms with Crippen molar-refractivity contribution in [2.24, 2.45) is 5.92 Å². The van der Waals surface area contributed by atoms with Crippen LogP contribution in [0.3, 0.4) is 0 Å². The van der Waals surface area contributed by atoms with Crippen LogP contribution in [-0.2, 0) is 14.2 Å². The SMILES string of the molecule is CC(NCC1CCOCO1)C1CCOC1. The topological polar surface area (TPSA) is 39.7 Å². The van der Waals surface area contributed by atoms with Crippen LogP contribution in [0.5, 0.6) is 0 Å². The van der Waals surface area contributed by atoms with Crippen LogP contribution in [0.25, 0.3) is 0 Å². The summed E-state index contributed by atoms with van der Waals surface area (Å²) in [5.74, 6) is 0.671. The Hall–Kier alpha value is -0.160. The molecule has 2 heterocycles. The molecule has 2 fully saturated rings.